The highest BCUT2D eigenvalue weighted by Crippen LogP contribution is 2.22. The van der Waals surface area contributed by atoms with Crippen LogP contribution in [0.3, 0.4) is 0 Å². The molecule has 21 heavy (non-hydrogen) atoms. The van der Waals surface area contributed by atoms with Gasteiger partial charge in [-0.15, -0.1) is 0 Å². The van der Waals surface area contributed by atoms with E-state index in [-0.39, 0.29) is 5.91 Å². The summed E-state index contributed by atoms with van der Waals surface area (Å²) in [7, 11) is 0. The molecule has 0 aromatic heterocycles. The van der Waals surface area contributed by atoms with Crippen molar-refractivity contribution in [2.75, 3.05) is 12.3 Å². The van der Waals surface area contributed by atoms with Crippen molar-refractivity contribution in [3.63, 3.8) is 0 Å². The Kier molecular flexibility index (Phi) is 3.84. The van der Waals surface area contributed by atoms with Crippen molar-refractivity contribution in [1.82, 2.24) is 4.90 Å². The summed E-state index contributed by atoms with van der Waals surface area (Å²) in [6.45, 7) is 1.41. The smallest absolute Gasteiger partial charge is 0.227 e. The molecule has 2 N–H and O–H groups in total. The molecule has 0 saturated heterocycles. The molecule has 1 heterocycles. The summed E-state index contributed by atoms with van der Waals surface area (Å²) in [6.07, 6.45) is 1.30. The van der Waals surface area contributed by atoms with Gasteiger partial charge in [0.15, 0.2) is 0 Å². The molecule has 0 spiro atoms. The fraction of sp³-hybridized carbons (Fsp3) is 0.235. The third kappa shape index (κ3) is 3.19. The van der Waals surface area contributed by atoms with Crippen LogP contribution in [0.2, 0.25) is 5.02 Å². The zero-order valence-electron chi connectivity index (χ0n) is 11.7. The number of fused-ring (bicyclic) bond motifs is 1. The van der Waals surface area contributed by atoms with Crippen LogP contribution in [0.25, 0.3) is 0 Å². The highest BCUT2D eigenvalue weighted by Gasteiger charge is 2.20. The Bertz CT molecular complexity index is 667. The molecule has 0 saturated carbocycles. The fourth-order valence-corrected chi connectivity index (χ4v) is 2.80. The van der Waals surface area contributed by atoms with Gasteiger partial charge in [-0.3, -0.25) is 4.79 Å². The van der Waals surface area contributed by atoms with Crippen LogP contribution in [0.5, 0.6) is 0 Å². The molecular weight excluding hydrogens is 284 g/mol. The Morgan fingerprint density at radius 3 is 2.67 bits per heavy atom. The standard InChI is InChI=1S/C17H17ClN2O/c18-15-4-1-12(2-5-15)9-17(21)20-8-7-13-3-6-16(19)10-14(13)11-20/h1-6,10H,7-9,11,19H2. The third-order valence-corrected chi connectivity index (χ3v) is 4.12. The van der Waals surface area contributed by atoms with Crippen molar-refractivity contribution in [2.24, 2.45) is 0 Å². The topological polar surface area (TPSA) is 46.3 Å². The minimum absolute atomic E-state index is 0.144. The zero-order valence-corrected chi connectivity index (χ0v) is 12.4. The maximum atomic E-state index is 12.4. The van der Waals surface area contributed by atoms with E-state index in [1.165, 1.54) is 5.56 Å². The van der Waals surface area contributed by atoms with Crippen LogP contribution in [0.4, 0.5) is 5.69 Å². The molecular formula is C17H17ClN2O. The third-order valence-electron chi connectivity index (χ3n) is 3.86. The first-order chi connectivity index (χ1) is 10.1. The second-order valence-corrected chi connectivity index (χ2v) is 5.83. The molecule has 1 aliphatic heterocycles. The van der Waals surface area contributed by atoms with E-state index in [0.717, 1.165) is 29.8 Å². The first-order valence-corrected chi connectivity index (χ1v) is 7.39. The molecule has 3 nitrogen and oxygen atoms in total. The Balaban J connectivity index is 1.70. The number of carbonyl (C=O) groups excluding carboxylic acids is 1. The molecule has 2 aromatic rings. The van der Waals surface area contributed by atoms with Gasteiger partial charge in [-0.2, -0.15) is 0 Å². The Morgan fingerprint density at radius 1 is 1.14 bits per heavy atom. The average Bonchev–Trinajstić information content (AvgIpc) is 2.48. The molecule has 1 amide bonds. The van der Waals surface area contributed by atoms with E-state index in [1.807, 2.05) is 41.3 Å². The van der Waals surface area contributed by atoms with Crippen molar-refractivity contribution in [2.45, 2.75) is 19.4 Å². The van der Waals surface area contributed by atoms with Gasteiger partial charge in [0.05, 0.1) is 6.42 Å². The van der Waals surface area contributed by atoms with Crippen LogP contribution < -0.4 is 5.73 Å². The number of anilines is 1. The number of halogens is 1. The molecule has 2 aromatic carbocycles. The summed E-state index contributed by atoms with van der Waals surface area (Å²) in [5.41, 5.74) is 10.0. The van der Waals surface area contributed by atoms with Gasteiger partial charge >= 0.3 is 0 Å². The first-order valence-electron chi connectivity index (χ1n) is 7.01. The van der Waals surface area contributed by atoms with Crippen molar-refractivity contribution < 1.29 is 4.79 Å². The zero-order chi connectivity index (χ0) is 14.8. The molecule has 0 bridgehead atoms. The lowest BCUT2D eigenvalue weighted by Crippen LogP contribution is -2.36. The molecule has 0 radical (unpaired) electrons. The molecule has 0 atom stereocenters. The fourth-order valence-electron chi connectivity index (χ4n) is 2.68. The monoisotopic (exact) mass is 300 g/mol. The second kappa shape index (κ2) is 5.78. The number of nitrogens with two attached hydrogens (primary N) is 1. The normalized spacial score (nSPS) is 13.9. The van der Waals surface area contributed by atoms with Gasteiger partial charge in [0.1, 0.15) is 0 Å². The number of amides is 1. The van der Waals surface area contributed by atoms with E-state index in [4.69, 9.17) is 17.3 Å². The predicted molar refractivity (Wildman–Crippen MR) is 85.1 cm³/mol. The first kappa shape index (κ1) is 14.0. The maximum Gasteiger partial charge on any atom is 0.227 e. The average molecular weight is 301 g/mol. The number of hydrogen-bond donors (Lipinski definition) is 1. The van der Waals surface area contributed by atoms with E-state index >= 15 is 0 Å². The van der Waals surface area contributed by atoms with Gasteiger partial charge in [0.2, 0.25) is 5.91 Å². The SMILES string of the molecule is Nc1ccc2c(c1)CN(C(=O)Cc1ccc(Cl)cc1)CC2. The maximum absolute atomic E-state index is 12.4. The van der Waals surface area contributed by atoms with E-state index in [9.17, 15) is 4.79 Å². The van der Waals surface area contributed by atoms with Gasteiger partial charge in [-0.05, 0) is 47.4 Å². The molecule has 0 fully saturated rings. The number of carbonyl (C=O) groups is 1. The molecule has 1 aliphatic rings. The van der Waals surface area contributed by atoms with Gasteiger partial charge in [-0.1, -0.05) is 29.8 Å². The van der Waals surface area contributed by atoms with Crippen molar-refractivity contribution in [3.8, 4) is 0 Å². The van der Waals surface area contributed by atoms with Gasteiger partial charge in [-0.25, -0.2) is 0 Å². The van der Waals surface area contributed by atoms with E-state index < -0.39 is 0 Å². The van der Waals surface area contributed by atoms with Crippen LogP contribution in [-0.2, 0) is 24.2 Å². The van der Waals surface area contributed by atoms with Gasteiger partial charge < -0.3 is 10.6 Å². The number of nitrogens with zero attached hydrogens (tertiary/aromatic N) is 1. The minimum atomic E-state index is 0.144. The van der Waals surface area contributed by atoms with E-state index in [1.54, 1.807) is 0 Å². The minimum Gasteiger partial charge on any atom is -0.399 e. The van der Waals surface area contributed by atoms with Crippen molar-refractivity contribution in [3.05, 3.63) is 64.2 Å². The second-order valence-electron chi connectivity index (χ2n) is 5.40. The lowest BCUT2D eigenvalue weighted by Gasteiger charge is -2.29. The van der Waals surface area contributed by atoms with Crippen LogP contribution in [0.1, 0.15) is 16.7 Å². The summed E-state index contributed by atoms with van der Waals surface area (Å²) in [5, 5.41) is 0.688. The highest BCUT2D eigenvalue weighted by molar-refractivity contribution is 6.30. The summed E-state index contributed by atoms with van der Waals surface area (Å²) >= 11 is 5.86. The summed E-state index contributed by atoms with van der Waals surface area (Å²) in [4.78, 5) is 14.3. The number of nitrogen functional groups attached to an aromatic ring is 1. The van der Waals surface area contributed by atoms with Gasteiger partial charge in [0, 0.05) is 23.8 Å². The van der Waals surface area contributed by atoms with E-state index in [2.05, 4.69) is 6.07 Å². The van der Waals surface area contributed by atoms with Crippen LogP contribution >= 0.6 is 11.6 Å². The van der Waals surface area contributed by atoms with E-state index in [0.29, 0.717) is 18.0 Å². The Hall–Kier alpha value is -2.00. The molecule has 4 heteroatoms. The lowest BCUT2D eigenvalue weighted by molar-refractivity contribution is -0.131. The quantitative estimate of drug-likeness (QED) is 0.867. The van der Waals surface area contributed by atoms with Crippen LogP contribution in [0, 0.1) is 0 Å². The van der Waals surface area contributed by atoms with Crippen molar-refractivity contribution in [1.29, 1.82) is 0 Å². The van der Waals surface area contributed by atoms with Crippen molar-refractivity contribution >= 4 is 23.2 Å². The number of hydrogen-bond acceptors (Lipinski definition) is 2. The Labute approximate surface area is 129 Å². The molecule has 3 rings (SSSR count). The van der Waals surface area contributed by atoms with Gasteiger partial charge in [0.25, 0.3) is 0 Å². The molecule has 0 unspecified atom stereocenters. The number of benzene rings is 2. The largest absolute Gasteiger partial charge is 0.399 e. The van der Waals surface area contributed by atoms with Crippen LogP contribution in [-0.4, -0.2) is 17.4 Å². The van der Waals surface area contributed by atoms with Crippen LogP contribution in [0.15, 0.2) is 42.5 Å². The summed E-state index contributed by atoms with van der Waals surface area (Å²) in [5.74, 6) is 0.144. The lowest BCUT2D eigenvalue weighted by atomic mass is 9.98. The predicted octanol–water partition coefficient (Wildman–Crippen LogP) is 3.05. The Morgan fingerprint density at radius 2 is 1.90 bits per heavy atom. The molecule has 0 aliphatic carbocycles. The summed E-state index contributed by atoms with van der Waals surface area (Å²) in [6, 6.07) is 13.4. The molecule has 108 valence electrons. The highest BCUT2D eigenvalue weighted by atomic mass is 35.5. The number of rotatable bonds is 2. The summed E-state index contributed by atoms with van der Waals surface area (Å²) < 4.78 is 0.